The fraction of sp³-hybridized carbons (Fsp3) is 0.529. The Kier molecular flexibility index (Phi) is 5.55. The molecule has 0 radical (unpaired) electrons. The zero-order valence-corrected chi connectivity index (χ0v) is 15.9. The van der Waals surface area contributed by atoms with Crippen LogP contribution in [0.2, 0.25) is 0 Å². The van der Waals surface area contributed by atoms with Crippen molar-refractivity contribution in [3.8, 4) is 0 Å². The number of carbonyl (C=O) groups excluding carboxylic acids is 2. The molecular formula is C17H22N4O4S. The smallest absolute Gasteiger partial charge is 0.413 e. The lowest BCUT2D eigenvalue weighted by molar-refractivity contribution is -0.132. The van der Waals surface area contributed by atoms with Gasteiger partial charge in [0.25, 0.3) is 0 Å². The zero-order valence-electron chi connectivity index (χ0n) is 15.1. The maximum atomic E-state index is 12.6. The summed E-state index contributed by atoms with van der Waals surface area (Å²) in [5, 5.41) is 7.06. The standard InChI is InChI=1S/C17H22N4O4S/c1-4-24-17(23)19-16-18-13-7-8-21(9-14(13)26-16)15(22)6-5-12-10(2)20-25-11(12)3/h4-9H2,1-3H3,(H,18,19,23). The quantitative estimate of drug-likeness (QED) is 0.859. The molecule has 3 heterocycles. The van der Waals surface area contributed by atoms with Crippen molar-refractivity contribution in [3.63, 3.8) is 0 Å². The fourth-order valence-electron chi connectivity index (χ4n) is 2.97. The summed E-state index contributed by atoms with van der Waals surface area (Å²) in [7, 11) is 0. The van der Waals surface area contributed by atoms with Crippen LogP contribution in [0.5, 0.6) is 0 Å². The lowest BCUT2D eigenvalue weighted by atomic mass is 10.1. The highest BCUT2D eigenvalue weighted by Crippen LogP contribution is 2.29. The van der Waals surface area contributed by atoms with Crippen molar-refractivity contribution < 1.29 is 18.8 Å². The van der Waals surface area contributed by atoms with E-state index in [1.165, 1.54) is 11.3 Å². The second-order valence-electron chi connectivity index (χ2n) is 6.10. The molecule has 0 saturated heterocycles. The normalized spacial score (nSPS) is 13.4. The van der Waals surface area contributed by atoms with Gasteiger partial charge in [0.15, 0.2) is 5.13 Å². The van der Waals surface area contributed by atoms with Gasteiger partial charge in [-0.1, -0.05) is 16.5 Å². The number of hydrogen-bond donors (Lipinski definition) is 1. The third-order valence-corrected chi connectivity index (χ3v) is 5.34. The van der Waals surface area contributed by atoms with E-state index in [0.717, 1.165) is 27.6 Å². The van der Waals surface area contributed by atoms with E-state index in [2.05, 4.69) is 15.5 Å². The first kappa shape index (κ1) is 18.4. The molecule has 9 heteroatoms. The Bertz CT molecular complexity index is 794. The van der Waals surface area contributed by atoms with E-state index in [1.54, 1.807) is 6.92 Å². The van der Waals surface area contributed by atoms with Crippen molar-refractivity contribution in [2.45, 2.75) is 46.6 Å². The summed E-state index contributed by atoms with van der Waals surface area (Å²) < 4.78 is 10.0. The largest absolute Gasteiger partial charge is 0.450 e. The molecule has 0 aromatic carbocycles. The second-order valence-corrected chi connectivity index (χ2v) is 7.19. The number of nitrogens with zero attached hydrogens (tertiary/aromatic N) is 3. The number of ether oxygens (including phenoxy) is 1. The van der Waals surface area contributed by atoms with Gasteiger partial charge >= 0.3 is 6.09 Å². The number of amides is 2. The van der Waals surface area contributed by atoms with Crippen LogP contribution in [-0.4, -0.2) is 40.2 Å². The van der Waals surface area contributed by atoms with Gasteiger partial charge in [-0.05, 0) is 27.2 Å². The fourth-order valence-corrected chi connectivity index (χ4v) is 3.97. The molecule has 26 heavy (non-hydrogen) atoms. The van der Waals surface area contributed by atoms with E-state index in [0.29, 0.717) is 44.1 Å². The Labute approximate surface area is 155 Å². The number of anilines is 1. The van der Waals surface area contributed by atoms with Gasteiger partial charge in [-0.25, -0.2) is 9.78 Å². The van der Waals surface area contributed by atoms with E-state index in [9.17, 15) is 9.59 Å². The number of thiazole rings is 1. The van der Waals surface area contributed by atoms with Crippen LogP contribution in [-0.2, 0) is 28.9 Å². The van der Waals surface area contributed by atoms with E-state index in [1.807, 2.05) is 18.7 Å². The molecule has 2 aromatic heterocycles. The predicted octanol–water partition coefficient (Wildman–Crippen LogP) is 2.83. The van der Waals surface area contributed by atoms with E-state index in [-0.39, 0.29) is 5.91 Å². The highest BCUT2D eigenvalue weighted by atomic mass is 32.1. The summed E-state index contributed by atoms with van der Waals surface area (Å²) in [6.45, 7) is 6.97. The molecule has 1 aliphatic heterocycles. The van der Waals surface area contributed by atoms with Gasteiger partial charge in [-0.15, -0.1) is 0 Å². The summed E-state index contributed by atoms with van der Waals surface area (Å²) in [6.07, 6.45) is 1.23. The maximum Gasteiger partial charge on any atom is 0.413 e. The monoisotopic (exact) mass is 378 g/mol. The topological polar surface area (TPSA) is 97.6 Å². The number of rotatable bonds is 5. The third-order valence-electron chi connectivity index (χ3n) is 4.34. The number of fused-ring (bicyclic) bond motifs is 1. The van der Waals surface area contributed by atoms with Crippen LogP contribution in [0.3, 0.4) is 0 Å². The van der Waals surface area contributed by atoms with E-state index >= 15 is 0 Å². The van der Waals surface area contributed by atoms with Crippen LogP contribution in [0.4, 0.5) is 9.93 Å². The Morgan fingerprint density at radius 1 is 1.38 bits per heavy atom. The minimum Gasteiger partial charge on any atom is -0.450 e. The Morgan fingerprint density at radius 2 is 2.19 bits per heavy atom. The van der Waals surface area contributed by atoms with Crippen molar-refractivity contribution in [2.24, 2.45) is 0 Å². The second kappa shape index (κ2) is 7.86. The summed E-state index contributed by atoms with van der Waals surface area (Å²) >= 11 is 1.39. The molecule has 0 atom stereocenters. The minimum atomic E-state index is -0.508. The average Bonchev–Trinajstić information content (AvgIpc) is 3.14. The molecule has 2 amide bonds. The molecule has 1 N–H and O–H groups in total. The molecule has 2 aromatic rings. The molecule has 0 fully saturated rings. The number of nitrogens with one attached hydrogen (secondary N) is 1. The Hall–Kier alpha value is -2.42. The Balaban J connectivity index is 1.58. The van der Waals surface area contributed by atoms with Crippen molar-refractivity contribution >= 4 is 28.5 Å². The number of hydrogen-bond acceptors (Lipinski definition) is 7. The van der Waals surface area contributed by atoms with Gasteiger partial charge in [0, 0.05) is 29.8 Å². The average molecular weight is 378 g/mol. The lowest BCUT2D eigenvalue weighted by Gasteiger charge is -2.26. The van der Waals surface area contributed by atoms with Gasteiger partial charge in [0.05, 0.1) is 24.5 Å². The Morgan fingerprint density at radius 3 is 2.88 bits per heavy atom. The molecule has 0 spiro atoms. The van der Waals surface area contributed by atoms with Crippen LogP contribution in [0, 0.1) is 13.8 Å². The first-order chi connectivity index (χ1) is 12.5. The minimum absolute atomic E-state index is 0.101. The van der Waals surface area contributed by atoms with Crippen LogP contribution in [0.1, 0.15) is 40.9 Å². The molecule has 140 valence electrons. The molecule has 3 rings (SSSR count). The molecule has 1 aliphatic rings. The predicted molar refractivity (Wildman–Crippen MR) is 96.2 cm³/mol. The molecule has 0 aliphatic carbocycles. The summed E-state index contributed by atoms with van der Waals surface area (Å²) in [6, 6.07) is 0. The van der Waals surface area contributed by atoms with Crippen LogP contribution < -0.4 is 5.32 Å². The molecule has 0 bridgehead atoms. The van der Waals surface area contributed by atoms with Crippen LogP contribution >= 0.6 is 11.3 Å². The first-order valence-corrected chi connectivity index (χ1v) is 9.41. The molecule has 8 nitrogen and oxygen atoms in total. The molecule has 0 saturated carbocycles. The zero-order chi connectivity index (χ0) is 18.7. The van der Waals surface area contributed by atoms with Crippen molar-refractivity contribution in [3.05, 3.63) is 27.6 Å². The maximum absolute atomic E-state index is 12.6. The van der Waals surface area contributed by atoms with E-state index < -0.39 is 6.09 Å². The van der Waals surface area contributed by atoms with Gasteiger partial charge in [-0.3, -0.25) is 10.1 Å². The van der Waals surface area contributed by atoms with Crippen LogP contribution in [0.15, 0.2) is 4.52 Å². The summed E-state index contributed by atoms with van der Waals surface area (Å²) in [5.41, 5.74) is 2.79. The third kappa shape index (κ3) is 4.04. The van der Waals surface area contributed by atoms with Gasteiger partial charge in [-0.2, -0.15) is 0 Å². The van der Waals surface area contributed by atoms with Gasteiger partial charge in [0.2, 0.25) is 5.91 Å². The van der Waals surface area contributed by atoms with E-state index in [4.69, 9.17) is 9.26 Å². The number of aromatic nitrogens is 2. The number of aryl methyl sites for hydroxylation is 2. The first-order valence-electron chi connectivity index (χ1n) is 8.59. The highest BCUT2D eigenvalue weighted by Gasteiger charge is 2.25. The summed E-state index contributed by atoms with van der Waals surface area (Å²) in [5.74, 6) is 0.873. The molecular weight excluding hydrogens is 356 g/mol. The summed E-state index contributed by atoms with van der Waals surface area (Å²) in [4.78, 5) is 31.3. The molecule has 0 unspecified atom stereocenters. The van der Waals surface area contributed by atoms with Crippen molar-refractivity contribution in [1.82, 2.24) is 15.0 Å². The highest BCUT2D eigenvalue weighted by molar-refractivity contribution is 7.15. The van der Waals surface area contributed by atoms with Crippen molar-refractivity contribution in [2.75, 3.05) is 18.5 Å². The van der Waals surface area contributed by atoms with Crippen LogP contribution in [0.25, 0.3) is 0 Å². The van der Waals surface area contributed by atoms with Gasteiger partial charge in [0.1, 0.15) is 5.76 Å². The number of carbonyl (C=O) groups is 2. The SMILES string of the molecule is CCOC(=O)Nc1nc2c(s1)CN(C(=O)CCc1c(C)noc1C)CC2. The lowest BCUT2D eigenvalue weighted by Crippen LogP contribution is -2.35. The van der Waals surface area contributed by atoms with Gasteiger partial charge < -0.3 is 14.2 Å². The van der Waals surface area contributed by atoms with Crippen molar-refractivity contribution in [1.29, 1.82) is 0 Å².